The van der Waals surface area contributed by atoms with Gasteiger partial charge < -0.3 is 15.5 Å². The van der Waals surface area contributed by atoms with E-state index in [1.165, 1.54) is 6.33 Å². The highest BCUT2D eigenvalue weighted by atomic mass is 35.5. The molecule has 2 aromatic rings. The first-order valence-corrected chi connectivity index (χ1v) is 6.80. The van der Waals surface area contributed by atoms with E-state index in [1.54, 1.807) is 0 Å². The van der Waals surface area contributed by atoms with E-state index in [0.717, 1.165) is 32.0 Å². The van der Waals surface area contributed by atoms with E-state index >= 15 is 0 Å². The molecule has 0 aromatic carbocycles. The minimum atomic E-state index is 0.323. The monoisotopic (exact) mass is 290 g/mol. The molecule has 0 atom stereocenters. The Morgan fingerprint density at radius 2 is 1.75 bits per heavy atom. The van der Waals surface area contributed by atoms with Gasteiger partial charge in [-0.3, -0.25) is 0 Å². The minimum Gasteiger partial charge on any atom is -0.382 e. The van der Waals surface area contributed by atoms with Crippen molar-refractivity contribution >= 4 is 29.1 Å². The van der Waals surface area contributed by atoms with Crippen LogP contribution in [-0.2, 0) is 0 Å². The molecular formula is C13H15ClN6. The number of hydrogen-bond donors (Lipinski definition) is 1. The third-order valence-electron chi connectivity index (χ3n) is 3.35. The molecular weight excluding hydrogens is 276 g/mol. The van der Waals surface area contributed by atoms with Crippen LogP contribution in [-0.4, -0.2) is 41.1 Å². The molecule has 0 spiro atoms. The number of anilines is 3. The highest BCUT2D eigenvalue weighted by Gasteiger charge is 2.21. The third-order valence-corrected chi connectivity index (χ3v) is 3.71. The van der Waals surface area contributed by atoms with Crippen LogP contribution in [0, 0.1) is 0 Å². The summed E-state index contributed by atoms with van der Waals surface area (Å²) >= 11 is 6.16. The maximum absolute atomic E-state index is 6.16. The molecule has 0 radical (unpaired) electrons. The molecule has 104 valence electrons. The largest absolute Gasteiger partial charge is 0.382 e. The second kappa shape index (κ2) is 5.50. The highest BCUT2D eigenvalue weighted by molar-refractivity contribution is 6.35. The maximum Gasteiger partial charge on any atom is 0.153 e. The molecule has 0 unspecified atom stereocenters. The number of halogens is 1. The van der Waals surface area contributed by atoms with Crippen molar-refractivity contribution in [3.05, 3.63) is 35.7 Å². The SMILES string of the molecule is Nc1ncnc(N2CCN(c3ccccn3)CC2)c1Cl. The van der Waals surface area contributed by atoms with Crippen LogP contribution >= 0.6 is 11.6 Å². The zero-order valence-corrected chi connectivity index (χ0v) is 11.7. The van der Waals surface area contributed by atoms with Gasteiger partial charge >= 0.3 is 0 Å². The average Bonchev–Trinajstić information content (AvgIpc) is 2.51. The Morgan fingerprint density at radius 1 is 1.00 bits per heavy atom. The van der Waals surface area contributed by atoms with Gasteiger partial charge in [-0.1, -0.05) is 17.7 Å². The van der Waals surface area contributed by atoms with Gasteiger partial charge in [-0.15, -0.1) is 0 Å². The zero-order chi connectivity index (χ0) is 13.9. The molecule has 0 saturated carbocycles. The Balaban J connectivity index is 1.71. The summed E-state index contributed by atoms with van der Waals surface area (Å²) in [6.07, 6.45) is 3.26. The van der Waals surface area contributed by atoms with E-state index in [2.05, 4.69) is 24.8 Å². The molecule has 0 amide bonds. The lowest BCUT2D eigenvalue weighted by molar-refractivity contribution is 0.641. The van der Waals surface area contributed by atoms with Crippen molar-refractivity contribution < 1.29 is 0 Å². The van der Waals surface area contributed by atoms with Crippen LogP contribution in [0.2, 0.25) is 5.02 Å². The summed E-state index contributed by atoms with van der Waals surface area (Å²) in [5.74, 6) is 2.03. The molecule has 20 heavy (non-hydrogen) atoms. The molecule has 1 aliphatic rings. The summed E-state index contributed by atoms with van der Waals surface area (Å²) in [6, 6.07) is 5.94. The summed E-state index contributed by atoms with van der Waals surface area (Å²) in [7, 11) is 0. The van der Waals surface area contributed by atoms with E-state index in [0.29, 0.717) is 16.7 Å². The van der Waals surface area contributed by atoms with Gasteiger partial charge in [0.15, 0.2) is 5.82 Å². The fourth-order valence-corrected chi connectivity index (χ4v) is 2.50. The van der Waals surface area contributed by atoms with Crippen LogP contribution in [0.5, 0.6) is 0 Å². The molecule has 0 bridgehead atoms. The number of nitrogen functional groups attached to an aromatic ring is 1. The molecule has 2 aromatic heterocycles. The van der Waals surface area contributed by atoms with Gasteiger partial charge in [-0.05, 0) is 12.1 Å². The fourth-order valence-electron chi connectivity index (χ4n) is 2.28. The molecule has 1 saturated heterocycles. The number of nitrogens with zero attached hydrogens (tertiary/aromatic N) is 5. The van der Waals surface area contributed by atoms with E-state index < -0.39 is 0 Å². The molecule has 1 fully saturated rings. The molecule has 3 heterocycles. The Bertz CT molecular complexity index is 583. The van der Waals surface area contributed by atoms with Crippen molar-refractivity contribution in [2.24, 2.45) is 0 Å². The van der Waals surface area contributed by atoms with Crippen molar-refractivity contribution in [2.75, 3.05) is 41.7 Å². The van der Waals surface area contributed by atoms with Crippen molar-refractivity contribution in [1.29, 1.82) is 0 Å². The van der Waals surface area contributed by atoms with Crippen LogP contribution < -0.4 is 15.5 Å². The summed E-state index contributed by atoms with van der Waals surface area (Å²) in [5.41, 5.74) is 5.72. The molecule has 7 heteroatoms. The molecule has 6 nitrogen and oxygen atoms in total. The van der Waals surface area contributed by atoms with Crippen LogP contribution in [0.15, 0.2) is 30.7 Å². The lowest BCUT2D eigenvalue weighted by atomic mass is 10.3. The maximum atomic E-state index is 6.16. The quantitative estimate of drug-likeness (QED) is 0.902. The first-order valence-electron chi connectivity index (χ1n) is 6.42. The Morgan fingerprint density at radius 3 is 2.45 bits per heavy atom. The van der Waals surface area contributed by atoms with E-state index in [1.807, 2.05) is 24.4 Å². The number of nitrogens with two attached hydrogens (primary N) is 1. The summed E-state index contributed by atoms with van der Waals surface area (Å²) in [6.45, 7) is 3.40. The molecule has 2 N–H and O–H groups in total. The number of rotatable bonds is 2. The van der Waals surface area contributed by atoms with Crippen molar-refractivity contribution in [2.45, 2.75) is 0 Å². The van der Waals surface area contributed by atoms with Crippen molar-refractivity contribution in [3.63, 3.8) is 0 Å². The first kappa shape index (κ1) is 12.9. The lowest BCUT2D eigenvalue weighted by Gasteiger charge is -2.36. The van der Waals surface area contributed by atoms with E-state index in [9.17, 15) is 0 Å². The van der Waals surface area contributed by atoms with Crippen LogP contribution in [0.3, 0.4) is 0 Å². The summed E-state index contributed by atoms with van der Waals surface area (Å²) in [4.78, 5) is 16.9. The number of hydrogen-bond acceptors (Lipinski definition) is 6. The van der Waals surface area contributed by atoms with Gasteiger partial charge in [-0.2, -0.15) is 0 Å². The van der Waals surface area contributed by atoms with Crippen molar-refractivity contribution in [1.82, 2.24) is 15.0 Å². The van der Waals surface area contributed by atoms with Gasteiger partial charge in [0.25, 0.3) is 0 Å². The van der Waals surface area contributed by atoms with E-state index in [4.69, 9.17) is 17.3 Å². The smallest absolute Gasteiger partial charge is 0.153 e. The first-order chi connectivity index (χ1) is 9.75. The second-order valence-corrected chi connectivity index (χ2v) is 4.94. The van der Waals surface area contributed by atoms with Crippen LogP contribution in [0.25, 0.3) is 0 Å². The van der Waals surface area contributed by atoms with Crippen molar-refractivity contribution in [3.8, 4) is 0 Å². The zero-order valence-electron chi connectivity index (χ0n) is 10.9. The summed E-state index contributed by atoms with van der Waals surface area (Å²) in [5, 5.41) is 0.429. The normalized spacial score (nSPS) is 15.4. The predicted molar refractivity (Wildman–Crippen MR) is 80.1 cm³/mol. The van der Waals surface area contributed by atoms with Crippen LogP contribution in [0.4, 0.5) is 17.5 Å². The number of piperazine rings is 1. The molecule has 1 aliphatic heterocycles. The fraction of sp³-hybridized carbons (Fsp3) is 0.308. The number of aromatic nitrogens is 3. The Hall–Kier alpha value is -2.08. The third kappa shape index (κ3) is 2.46. The topological polar surface area (TPSA) is 71.2 Å². The van der Waals surface area contributed by atoms with Gasteiger partial charge in [0.1, 0.15) is 23.0 Å². The van der Waals surface area contributed by atoms with Crippen LogP contribution in [0.1, 0.15) is 0 Å². The van der Waals surface area contributed by atoms with Gasteiger partial charge in [-0.25, -0.2) is 15.0 Å². The van der Waals surface area contributed by atoms with Gasteiger partial charge in [0.2, 0.25) is 0 Å². The predicted octanol–water partition coefficient (Wildman–Crippen LogP) is 1.43. The highest BCUT2D eigenvalue weighted by Crippen LogP contribution is 2.28. The minimum absolute atomic E-state index is 0.323. The van der Waals surface area contributed by atoms with E-state index in [-0.39, 0.29) is 0 Å². The average molecular weight is 291 g/mol. The van der Waals surface area contributed by atoms with Gasteiger partial charge in [0.05, 0.1) is 0 Å². The standard InChI is InChI=1S/C13H15ClN6/c14-11-12(15)17-9-18-13(11)20-7-5-19(6-8-20)10-3-1-2-4-16-10/h1-4,9H,5-8H2,(H2,15,17,18). The second-order valence-electron chi connectivity index (χ2n) is 4.56. The Kier molecular flexibility index (Phi) is 3.56. The summed E-state index contributed by atoms with van der Waals surface area (Å²) < 4.78 is 0. The molecule has 3 rings (SSSR count). The lowest BCUT2D eigenvalue weighted by Crippen LogP contribution is -2.47. The van der Waals surface area contributed by atoms with Gasteiger partial charge in [0, 0.05) is 32.4 Å². The Labute approximate surface area is 122 Å². The molecule has 0 aliphatic carbocycles. The number of pyridine rings is 1.